The number of rotatable bonds is 5. The van der Waals surface area contributed by atoms with Gasteiger partial charge in [0.25, 0.3) is 5.91 Å². The summed E-state index contributed by atoms with van der Waals surface area (Å²) in [5.41, 5.74) is 1.51. The Labute approximate surface area is 142 Å². The molecule has 3 rings (SSSR count). The van der Waals surface area contributed by atoms with Gasteiger partial charge in [0.05, 0.1) is 11.5 Å². The van der Waals surface area contributed by atoms with Crippen molar-refractivity contribution < 1.29 is 9.72 Å². The quantitative estimate of drug-likeness (QED) is 0.555. The van der Waals surface area contributed by atoms with Crippen molar-refractivity contribution >= 4 is 17.5 Å². The summed E-state index contributed by atoms with van der Waals surface area (Å²) >= 11 is 0. The van der Waals surface area contributed by atoms with Gasteiger partial charge in [-0.3, -0.25) is 24.9 Å². The van der Waals surface area contributed by atoms with E-state index in [0.29, 0.717) is 6.54 Å². The molecule has 128 valence electrons. The molecule has 0 unspecified atom stereocenters. The maximum Gasteiger partial charge on any atom is 0.320 e. The minimum Gasteiger partial charge on any atom is -0.287 e. The number of carbonyl (C=O) groups is 1. The number of nitro groups is 1. The highest BCUT2D eigenvalue weighted by Gasteiger charge is 2.25. The Hall–Kier alpha value is -3.56. The molecular weight excluding hydrogens is 326 g/mol. The molecule has 0 aliphatic heterocycles. The average Bonchev–Trinajstić information content (AvgIpc) is 3.14. The van der Waals surface area contributed by atoms with E-state index in [-0.39, 0.29) is 17.3 Å². The van der Waals surface area contributed by atoms with Crippen LogP contribution < -0.4 is 5.32 Å². The lowest BCUT2D eigenvalue weighted by Crippen LogP contribution is -2.16. The van der Waals surface area contributed by atoms with Crippen molar-refractivity contribution in [2.75, 3.05) is 5.32 Å². The molecule has 10 heteroatoms. The molecule has 0 atom stereocenters. The Kier molecular flexibility index (Phi) is 4.25. The van der Waals surface area contributed by atoms with E-state index < -0.39 is 10.8 Å². The van der Waals surface area contributed by atoms with Crippen molar-refractivity contribution in [3.8, 4) is 0 Å². The smallest absolute Gasteiger partial charge is 0.287 e. The minimum atomic E-state index is -0.736. The molecule has 0 saturated heterocycles. The predicted octanol–water partition coefficient (Wildman–Crippen LogP) is 1.53. The van der Waals surface area contributed by atoms with Gasteiger partial charge in [0.15, 0.2) is 0 Å². The summed E-state index contributed by atoms with van der Waals surface area (Å²) in [7, 11) is 1.50. The number of carbonyl (C=O) groups excluding carboxylic acids is 1. The summed E-state index contributed by atoms with van der Waals surface area (Å²) in [5, 5.41) is 21.3. The number of aromatic nitrogens is 5. The summed E-state index contributed by atoms with van der Waals surface area (Å²) in [4.78, 5) is 26.5. The molecular formula is C15H15N7O3. The number of nitrogens with zero attached hydrogens (tertiary/aromatic N) is 6. The van der Waals surface area contributed by atoms with Crippen LogP contribution in [-0.4, -0.2) is 35.4 Å². The lowest BCUT2D eigenvalue weighted by atomic mass is 10.1. The minimum absolute atomic E-state index is 0.0533. The number of aryl methyl sites for hydroxylation is 2. The van der Waals surface area contributed by atoms with Gasteiger partial charge in [-0.05, 0) is 12.5 Å². The lowest BCUT2D eigenvalue weighted by Gasteiger charge is -2.02. The van der Waals surface area contributed by atoms with E-state index in [9.17, 15) is 14.9 Å². The van der Waals surface area contributed by atoms with Gasteiger partial charge in [0.2, 0.25) is 11.6 Å². The third-order valence-electron chi connectivity index (χ3n) is 3.41. The maximum atomic E-state index is 12.2. The first-order valence-corrected chi connectivity index (χ1v) is 7.37. The van der Waals surface area contributed by atoms with Crippen molar-refractivity contribution in [3.05, 3.63) is 63.7 Å². The van der Waals surface area contributed by atoms with Crippen LogP contribution >= 0.6 is 0 Å². The molecule has 1 N–H and O–H groups in total. The monoisotopic (exact) mass is 341 g/mol. The Morgan fingerprint density at radius 2 is 2.16 bits per heavy atom. The Balaban J connectivity index is 1.73. The third kappa shape index (κ3) is 3.68. The molecule has 0 fully saturated rings. The van der Waals surface area contributed by atoms with Crippen molar-refractivity contribution in [1.29, 1.82) is 0 Å². The van der Waals surface area contributed by atoms with Gasteiger partial charge < -0.3 is 0 Å². The molecule has 0 bridgehead atoms. The van der Waals surface area contributed by atoms with E-state index in [4.69, 9.17) is 0 Å². The van der Waals surface area contributed by atoms with Crippen LogP contribution in [0.5, 0.6) is 0 Å². The van der Waals surface area contributed by atoms with Crippen LogP contribution in [0.2, 0.25) is 0 Å². The zero-order valence-corrected chi connectivity index (χ0v) is 13.6. The van der Waals surface area contributed by atoms with E-state index in [0.717, 1.165) is 11.1 Å². The van der Waals surface area contributed by atoms with E-state index in [1.807, 2.05) is 31.2 Å². The van der Waals surface area contributed by atoms with Crippen LogP contribution in [0.25, 0.3) is 0 Å². The largest absolute Gasteiger partial charge is 0.320 e. The highest BCUT2D eigenvalue weighted by molar-refractivity contribution is 6.04. The maximum absolute atomic E-state index is 12.2. The van der Waals surface area contributed by atoms with Crippen LogP contribution in [0.4, 0.5) is 11.6 Å². The summed E-state index contributed by atoms with van der Waals surface area (Å²) in [5.74, 6) is -0.682. The second-order valence-corrected chi connectivity index (χ2v) is 5.50. The van der Waals surface area contributed by atoms with Crippen molar-refractivity contribution in [2.24, 2.45) is 7.05 Å². The van der Waals surface area contributed by atoms with Crippen LogP contribution in [0.15, 0.2) is 36.8 Å². The third-order valence-corrected chi connectivity index (χ3v) is 3.41. The fourth-order valence-corrected chi connectivity index (χ4v) is 2.36. The molecule has 0 radical (unpaired) electrons. The Morgan fingerprint density at radius 1 is 1.36 bits per heavy atom. The summed E-state index contributed by atoms with van der Waals surface area (Å²) < 4.78 is 2.77. The molecule has 0 aliphatic rings. The first-order chi connectivity index (χ1) is 11.9. The predicted molar refractivity (Wildman–Crippen MR) is 88.1 cm³/mol. The van der Waals surface area contributed by atoms with Crippen LogP contribution in [-0.2, 0) is 13.6 Å². The number of benzene rings is 1. The lowest BCUT2D eigenvalue weighted by molar-refractivity contribution is -0.385. The van der Waals surface area contributed by atoms with Gasteiger partial charge in [-0.15, -0.1) is 5.10 Å². The van der Waals surface area contributed by atoms with Crippen LogP contribution in [0, 0.1) is 17.0 Å². The summed E-state index contributed by atoms with van der Waals surface area (Å²) in [6.45, 7) is 2.49. The molecule has 2 heterocycles. The van der Waals surface area contributed by atoms with E-state index in [1.165, 1.54) is 24.3 Å². The highest BCUT2D eigenvalue weighted by atomic mass is 16.6. The number of hydrogen-bond acceptors (Lipinski definition) is 6. The molecule has 1 aromatic carbocycles. The van der Waals surface area contributed by atoms with Gasteiger partial charge >= 0.3 is 5.69 Å². The topological polar surface area (TPSA) is 121 Å². The van der Waals surface area contributed by atoms with Crippen molar-refractivity contribution in [3.63, 3.8) is 0 Å². The zero-order valence-electron chi connectivity index (χ0n) is 13.6. The van der Waals surface area contributed by atoms with Gasteiger partial charge in [-0.2, -0.15) is 5.10 Å². The standard InChI is InChI=1S/C15H15N7O3/c1-10-4-3-5-11(6-10)7-21-9-16-15(19-21)17-14(23)13-12(22(24)25)8-20(2)18-13/h3-6,8-9H,7H2,1-2H3,(H,17,19,23). The molecule has 0 saturated carbocycles. The zero-order chi connectivity index (χ0) is 18.0. The molecule has 0 aliphatic carbocycles. The Morgan fingerprint density at radius 3 is 2.88 bits per heavy atom. The van der Waals surface area contributed by atoms with E-state index in [1.54, 1.807) is 4.68 Å². The average molecular weight is 341 g/mol. The van der Waals surface area contributed by atoms with Gasteiger partial charge in [0.1, 0.15) is 12.5 Å². The highest BCUT2D eigenvalue weighted by Crippen LogP contribution is 2.17. The Bertz CT molecular complexity index is 944. The van der Waals surface area contributed by atoms with E-state index in [2.05, 4.69) is 20.5 Å². The molecule has 3 aromatic rings. The van der Waals surface area contributed by atoms with Gasteiger partial charge in [-0.25, -0.2) is 9.67 Å². The van der Waals surface area contributed by atoms with Crippen molar-refractivity contribution in [2.45, 2.75) is 13.5 Å². The van der Waals surface area contributed by atoms with Crippen molar-refractivity contribution in [1.82, 2.24) is 24.5 Å². The molecule has 2 aromatic heterocycles. The fourth-order valence-electron chi connectivity index (χ4n) is 2.36. The molecule has 0 spiro atoms. The molecule has 1 amide bonds. The first kappa shape index (κ1) is 16.3. The van der Waals surface area contributed by atoms with E-state index >= 15 is 0 Å². The summed E-state index contributed by atoms with van der Waals surface area (Å²) in [6.07, 6.45) is 2.64. The van der Waals surface area contributed by atoms with Gasteiger partial charge in [-0.1, -0.05) is 29.8 Å². The number of amides is 1. The number of hydrogen-bond donors (Lipinski definition) is 1. The fraction of sp³-hybridized carbons (Fsp3) is 0.200. The van der Waals surface area contributed by atoms with Crippen LogP contribution in [0.1, 0.15) is 21.6 Å². The normalized spacial score (nSPS) is 10.6. The molecule has 10 nitrogen and oxygen atoms in total. The number of nitrogens with one attached hydrogen (secondary N) is 1. The number of anilines is 1. The second-order valence-electron chi connectivity index (χ2n) is 5.50. The summed E-state index contributed by atoms with van der Waals surface area (Å²) in [6, 6.07) is 7.93. The second kappa shape index (κ2) is 6.51. The molecule has 25 heavy (non-hydrogen) atoms. The van der Waals surface area contributed by atoms with Gasteiger partial charge in [0, 0.05) is 7.05 Å². The van der Waals surface area contributed by atoms with Crippen LogP contribution in [0.3, 0.4) is 0 Å². The SMILES string of the molecule is Cc1cccc(Cn2cnc(NC(=O)c3nn(C)cc3[N+](=O)[O-])n2)c1. The first-order valence-electron chi connectivity index (χ1n) is 7.37.